The molecule has 144 valence electrons. The third-order valence-corrected chi connectivity index (χ3v) is 5.65. The first kappa shape index (κ1) is 18.9. The molecule has 2 aliphatic heterocycles. The molecular formula is C19H30N4O3. The van der Waals surface area contributed by atoms with Gasteiger partial charge in [0.2, 0.25) is 5.91 Å². The molecule has 1 atom stereocenters. The Hall–Kier alpha value is -1.89. The summed E-state index contributed by atoms with van der Waals surface area (Å²) >= 11 is 0. The molecule has 2 amide bonds. The Labute approximate surface area is 155 Å². The number of carbonyl (C=O) groups excluding carboxylic acids is 2. The first-order valence-electron chi connectivity index (χ1n) is 9.72. The molecule has 7 heteroatoms. The molecule has 0 saturated carbocycles. The van der Waals surface area contributed by atoms with E-state index in [1.54, 1.807) is 0 Å². The van der Waals surface area contributed by atoms with Gasteiger partial charge in [0.15, 0.2) is 0 Å². The van der Waals surface area contributed by atoms with Crippen molar-refractivity contribution in [1.82, 2.24) is 20.0 Å². The summed E-state index contributed by atoms with van der Waals surface area (Å²) in [7, 11) is 0. The molecule has 26 heavy (non-hydrogen) atoms. The molecular weight excluding hydrogens is 332 g/mol. The summed E-state index contributed by atoms with van der Waals surface area (Å²) < 4.78 is 7.45. The molecule has 1 aromatic rings. The number of aryl methyl sites for hydroxylation is 2. The van der Waals surface area contributed by atoms with Crippen molar-refractivity contribution in [2.75, 3.05) is 19.7 Å². The van der Waals surface area contributed by atoms with E-state index in [0.29, 0.717) is 26.2 Å². The highest BCUT2D eigenvalue weighted by molar-refractivity contribution is 5.82. The van der Waals surface area contributed by atoms with Crippen LogP contribution in [0.5, 0.6) is 0 Å². The second-order valence-electron chi connectivity index (χ2n) is 7.28. The van der Waals surface area contributed by atoms with Gasteiger partial charge in [0.05, 0.1) is 5.69 Å². The summed E-state index contributed by atoms with van der Waals surface area (Å²) in [6.07, 6.45) is 2.96. The maximum absolute atomic E-state index is 12.5. The number of hydrogen-bond acceptors (Lipinski definition) is 4. The third kappa shape index (κ3) is 3.92. The number of hydrogen-bond donors (Lipinski definition) is 1. The highest BCUT2D eigenvalue weighted by atomic mass is 16.5. The average molecular weight is 362 g/mol. The Morgan fingerprint density at radius 1 is 1.23 bits per heavy atom. The van der Waals surface area contributed by atoms with Crippen LogP contribution in [0, 0.1) is 19.8 Å². The van der Waals surface area contributed by atoms with Crippen molar-refractivity contribution in [3.8, 4) is 0 Å². The van der Waals surface area contributed by atoms with Crippen molar-refractivity contribution in [2.24, 2.45) is 5.92 Å². The highest BCUT2D eigenvalue weighted by Crippen LogP contribution is 2.22. The molecule has 2 aliphatic rings. The van der Waals surface area contributed by atoms with Gasteiger partial charge in [-0.15, -0.1) is 0 Å². The van der Waals surface area contributed by atoms with Crippen LogP contribution in [-0.2, 0) is 27.4 Å². The van der Waals surface area contributed by atoms with E-state index in [0.717, 1.165) is 49.2 Å². The fraction of sp³-hybridized carbons (Fsp3) is 0.737. The number of likely N-dealkylation sites (tertiary alicyclic amines) is 1. The number of rotatable bonds is 5. The van der Waals surface area contributed by atoms with E-state index in [1.165, 1.54) is 0 Å². The minimum absolute atomic E-state index is 0.0228. The number of amides is 2. The molecule has 2 saturated heterocycles. The molecule has 0 bridgehead atoms. The van der Waals surface area contributed by atoms with Gasteiger partial charge in [-0.05, 0) is 46.5 Å². The van der Waals surface area contributed by atoms with Crippen LogP contribution >= 0.6 is 0 Å². The topological polar surface area (TPSA) is 76.5 Å². The summed E-state index contributed by atoms with van der Waals surface area (Å²) in [6.45, 7) is 9.40. The monoisotopic (exact) mass is 362 g/mol. The lowest BCUT2D eigenvalue weighted by Crippen LogP contribution is -2.46. The van der Waals surface area contributed by atoms with Gasteiger partial charge >= 0.3 is 0 Å². The molecule has 0 aromatic carbocycles. The molecule has 2 fully saturated rings. The highest BCUT2D eigenvalue weighted by Gasteiger charge is 2.32. The van der Waals surface area contributed by atoms with Crippen molar-refractivity contribution >= 4 is 11.8 Å². The molecule has 1 N–H and O–H groups in total. The predicted molar refractivity (Wildman–Crippen MR) is 97.5 cm³/mol. The van der Waals surface area contributed by atoms with Gasteiger partial charge in [-0.2, -0.15) is 5.10 Å². The molecule has 3 rings (SSSR count). The SMILES string of the molecule is CCn1nc(C)c(CNC(=O)C2CCN(C(=O)[C@@H]3CCCO3)CC2)c1C. The lowest BCUT2D eigenvalue weighted by molar-refractivity contribution is -0.143. The number of nitrogens with zero attached hydrogens (tertiary/aromatic N) is 3. The summed E-state index contributed by atoms with van der Waals surface area (Å²) in [5.74, 6) is 0.155. The largest absolute Gasteiger partial charge is 0.368 e. The fourth-order valence-corrected chi connectivity index (χ4v) is 3.96. The standard InChI is InChI=1S/C19H30N4O3/c1-4-23-14(3)16(13(2)21-23)12-20-18(24)15-7-9-22(10-8-15)19(25)17-6-5-11-26-17/h15,17H,4-12H2,1-3H3,(H,20,24)/t17-/m0/s1. The van der Waals surface area contributed by atoms with Crippen molar-refractivity contribution in [3.05, 3.63) is 17.0 Å². The first-order chi connectivity index (χ1) is 12.5. The zero-order valence-corrected chi connectivity index (χ0v) is 16.1. The molecule has 3 heterocycles. The number of nitrogens with one attached hydrogen (secondary N) is 1. The first-order valence-corrected chi connectivity index (χ1v) is 9.72. The van der Waals surface area contributed by atoms with Crippen LogP contribution < -0.4 is 5.32 Å². The third-order valence-electron chi connectivity index (χ3n) is 5.65. The van der Waals surface area contributed by atoms with Gasteiger partial charge in [0.25, 0.3) is 5.91 Å². The van der Waals surface area contributed by atoms with E-state index in [1.807, 2.05) is 23.4 Å². The lowest BCUT2D eigenvalue weighted by atomic mass is 9.95. The maximum atomic E-state index is 12.5. The minimum atomic E-state index is -0.263. The van der Waals surface area contributed by atoms with Crippen molar-refractivity contribution in [1.29, 1.82) is 0 Å². The number of aromatic nitrogens is 2. The smallest absolute Gasteiger partial charge is 0.251 e. The van der Waals surface area contributed by atoms with Crippen LogP contribution in [-0.4, -0.2) is 52.3 Å². The van der Waals surface area contributed by atoms with Crippen molar-refractivity contribution in [2.45, 2.75) is 65.6 Å². The molecule has 7 nitrogen and oxygen atoms in total. The normalized spacial score (nSPS) is 21.2. The van der Waals surface area contributed by atoms with Gasteiger partial charge in [0, 0.05) is 50.0 Å². The van der Waals surface area contributed by atoms with Gasteiger partial charge in [-0.25, -0.2) is 0 Å². The van der Waals surface area contributed by atoms with E-state index in [9.17, 15) is 9.59 Å². The summed E-state index contributed by atoms with van der Waals surface area (Å²) in [4.78, 5) is 26.8. The number of carbonyl (C=O) groups is 2. The van der Waals surface area contributed by atoms with Crippen LogP contribution in [0.4, 0.5) is 0 Å². The van der Waals surface area contributed by atoms with Gasteiger partial charge in [-0.3, -0.25) is 14.3 Å². The van der Waals surface area contributed by atoms with E-state index in [4.69, 9.17) is 4.74 Å². The van der Waals surface area contributed by atoms with E-state index in [2.05, 4.69) is 17.3 Å². The van der Waals surface area contributed by atoms with Crippen LogP contribution in [0.2, 0.25) is 0 Å². The Bertz CT molecular complexity index is 656. The van der Waals surface area contributed by atoms with Crippen LogP contribution in [0.3, 0.4) is 0 Å². The van der Waals surface area contributed by atoms with Crippen LogP contribution in [0.25, 0.3) is 0 Å². The Kier molecular flexibility index (Phi) is 5.96. The van der Waals surface area contributed by atoms with Crippen molar-refractivity contribution < 1.29 is 14.3 Å². The van der Waals surface area contributed by atoms with Crippen LogP contribution in [0.1, 0.15) is 49.6 Å². The molecule has 0 spiro atoms. The lowest BCUT2D eigenvalue weighted by Gasteiger charge is -2.32. The molecule has 0 aliphatic carbocycles. The van der Waals surface area contributed by atoms with E-state index < -0.39 is 0 Å². The second-order valence-corrected chi connectivity index (χ2v) is 7.28. The fourth-order valence-electron chi connectivity index (χ4n) is 3.96. The van der Waals surface area contributed by atoms with Crippen LogP contribution in [0.15, 0.2) is 0 Å². The number of ether oxygens (including phenoxy) is 1. The minimum Gasteiger partial charge on any atom is -0.368 e. The Morgan fingerprint density at radius 2 is 1.96 bits per heavy atom. The summed E-state index contributed by atoms with van der Waals surface area (Å²) in [5, 5.41) is 7.56. The van der Waals surface area contributed by atoms with E-state index >= 15 is 0 Å². The molecule has 0 radical (unpaired) electrons. The Morgan fingerprint density at radius 3 is 2.54 bits per heavy atom. The molecule has 0 unspecified atom stereocenters. The number of piperidine rings is 1. The molecule has 1 aromatic heterocycles. The van der Waals surface area contributed by atoms with Gasteiger partial charge < -0.3 is 15.0 Å². The predicted octanol–water partition coefficient (Wildman–Crippen LogP) is 1.55. The van der Waals surface area contributed by atoms with Crippen molar-refractivity contribution in [3.63, 3.8) is 0 Å². The Balaban J connectivity index is 1.48. The second kappa shape index (κ2) is 8.20. The quantitative estimate of drug-likeness (QED) is 0.862. The van der Waals surface area contributed by atoms with Gasteiger partial charge in [-0.1, -0.05) is 0 Å². The van der Waals surface area contributed by atoms with Gasteiger partial charge in [0.1, 0.15) is 6.10 Å². The zero-order chi connectivity index (χ0) is 18.7. The average Bonchev–Trinajstić information content (AvgIpc) is 3.28. The van der Waals surface area contributed by atoms with E-state index in [-0.39, 0.29) is 23.8 Å². The zero-order valence-electron chi connectivity index (χ0n) is 16.1. The maximum Gasteiger partial charge on any atom is 0.251 e. The summed E-state index contributed by atoms with van der Waals surface area (Å²) in [5.41, 5.74) is 3.19. The summed E-state index contributed by atoms with van der Waals surface area (Å²) in [6, 6.07) is 0.